The standard InChI is InChI=1S/C24H30FN7O4/c1-12(2)21(26-3)23(33)35-11-20-19-8-14-7-15(16(25)9-18(14)32(19)24(34)36-20)13-5-6-17(27-10-13)22-28-30-31(4)29-22/h5,7,12,16,19-21,26H,6,8-11H2,1-4H3. The van der Waals surface area contributed by atoms with Crippen molar-refractivity contribution in [3.05, 3.63) is 40.4 Å². The van der Waals surface area contributed by atoms with E-state index in [0.29, 0.717) is 36.5 Å². The van der Waals surface area contributed by atoms with Crippen LogP contribution in [0.1, 0.15) is 38.9 Å². The van der Waals surface area contributed by atoms with Gasteiger partial charge in [-0.3, -0.25) is 14.7 Å². The lowest BCUT2D eigenvalue weighted by atomic mass is 9.88. The summed E-state index contributed by atoms with van der Waals surface area (Å²) >= 11 is 0. The van der Waals surface area contributed by atoms with Gasteiger partial charge in [0.15, 0.2) is 6.10 Å². The zero-order valence-electron chi connectivity index (χ0n) is 20.8. The fourth-order valence-corrected chi connectivity index (χ4v) is 5.24. The molecule has 1 aromatic rings. The quantitative estimate of drug-likeness (QED) is 0.562. The third-order valence-electron chi connectivity index (χ3n) is 7.08. The van der Waals surface area contributed by atoms with Gasteiger partial charge in [-0.15, -0.1) is 10.2 Å². The number of aromatic nitrogens is 4. The number of hydrogen-bond donors (Lipinski definition) is 1. The van der Waals surface area contributed by atoms with E-state index in [1.807, 2.05) is 26.0 Å². The minimum atomic E-state index is -1.26. The third-order valence-corrected chi connectivity index (χ3v) is 7.08. The van der Waals surface area contributed by atoms with Crippen LogP contribution in [0.25, 0.3) is 0 Å². The molecule has 0 aromatic carbocycles. The number of aryl methyl sites for hydroxylation is 1. The van der Waals surface area contributed by atoms with Gasteiger partial charge in [-0.2, -0.15) is 4.80 Å². The fourth-order valence-electron chi connectivity index (χ4n) is 5.24. The van der Waals surface area contributed by atoms with Crippen LogP contribution in [0.5, 0.6) is 0 Å². The normalized spacial score (nSPS) is 26.3. The minimum absolute atomic E-state index is 0.0358. The van der Waals surface area contributed by atoms with Crippen molar-refractivity contribution in [3.8, 4) is 0 Å². The predicted octanol–water partition coefficient (Wildman–Crippen LogP) is 1.63. The summed E-state index contributed by atoms with van der Waals surface area (Å²) in [7, 11) is 3.39. The Bertz CT molecular complexity index is 1200. The SMILES string of the molecule is CNC(C(=O)OCC1OC(=O)N2C3=C(C=C(C4=CCC(c5nnn(C)n5)=NC4)C(F)C3)CC12)C(C)C. The number of amides is 1. The molecule has 1 saturated heterocycles. The van der Waals surface area contributed by atoms with Crippen LogP contribution in [0.15, 0.2) is 39.6 Å². The highest BCUT2D eigenvalue weighted by atomic mass is 19.1. The number of likely N-dealkylation sites (N-methyl/N-ethyl adjacent to an activating group) is 1. The Labute approximate surface area is 208 Å². The molecule has 3 aliphatic heterocycles. The number of esters is 1. The number of dihydropyridines is 1. The van der Waals surface area contributed by atoms with Gasteiger partial charge in [-0.05, 0) is 41.3 Å². The number of nitrogens with zero attached hydrogens (tertiary/aromatic N) is 6. The van der Waals surface area contributed by atoms with Crippen LogP contribution in [0, 0.1) is 5.92 Å². The predicted molar refractivity (Wildman–Crippen MR) is 127 cm³/mol. The van der Waals surface area contributed by atoms with E-state index >= 15 is 4.39 Å². The molecule has 192 valence electrons. The molecule has 5 rings (SSSR count). The second-order valence-electron chi connectivity index (χ2n) is 9.75. The summed E-state index contributed by atoms with van der Waals surface area (Å²) in [5, 5.41) is 15.0. The Balaban J connectivity index is 1.27. The third kappa shape index (κ3) is 4.34. The number of hydrogen-bond acceptors (Lipinski definition) is 9. The average Bonchev–Trinajstić information content (AvgIpc) is 3.52. The van der Waals surface area contributed by atoms with E-state index in [2.05, 4.69) is 25.7 Å². The van der Waals surface area contributed by atoms with Crippen molar-refractivity contribution in [2.75, 3.05) is 20.2 Å². The molecule has 1 aliphatic carbocycles. The van der Waals surface area contributed by atoms with E-state index in [1.165, 1.54) is 9.70 Å². The summed E-state index contributed by atoms with van der Waals surface area (Å²) in [5.41, 5.74) is 3.70. The van der Waals surface area contributed by atoms with Gasteiger partial charge >= 0.3 is 12.1 Å². The molecule has 4 heterocycles. The van der Waals surface area contributed by atoms with Gasteiger partial charge in [0.05, 0.1) is 25.3 Å². The maximum absolute atomic E-state index is 15.3. The smallest absolute Gasteiger partial charge is 0.414 e. The number of alkyl halides is 1. The number of cyclic esters (lactones) is 1. The highest BCUT2D eigenvalue weighted by Gasteiger charge is 2.50. The van der Waals surface area contributed by atoms with Gasteiger partial charge in [0.1, 0.15) is 18.8 Å². The van der Waals surface area contributed by atoms with Gasteiger partial charge in [0.2, 0.25) is 5.82 Å². The Morgan fingerprint density at radius 3 is 2.81 bits per heavy atom. The first kappa shape index (κ1) is 24.3. The van der Waals surface area contributed by atoms with E-state index in [1.54, 1.807) is 14.1 Å². The molecule has 0 bridgehead atoms. The summed E-state index contributed by atoms with van der Waals surface area (Å²) < 4.78 is 26.3. The highest BCUT2D eigenvalue weighted by molar-refractivity contribution is 5.99. The molecule has 1 amide bonds. The molecule has 0 saturated carbocycles. The fraction of sp³-hybridized carbons (Fsp3) is 0.583. The summed E-state index contributed by atoms with van der Waals surface area (Å²) in [6.45, 7) is 4.14. The summed E-state index contributed by atoms with van der Waals surface area (Å²) in [6.07, 6.45) is 2.53. The molecule has 11 nitrogen and oxygen atoms in total. The molecule has 1 fully saturated rings. The van der Waals surface area contributed by atoms with Gasteiger partial charge in [-0.1, -0.05) is 26.0 Å². The molecular weight excluding hydrogens is 469 g/mol. The van der Waals surface area contributed by atoms with Gasteiger partial charge < -0.3 is 14.8 Å². The molecule has 0 spiro atoms. The number of fused-ring (bicyclic) bond motifs is 2. The van der Waals surface area contributed by atoms with Crippen LogP contribution in [0.4, 0.5) is 9.18 Å². The van der Waals surface area contributed by atoms with Gasteiger partial charge in [0, 0.05) is 18.5 Å². The van der Waals surface area contributed by atoms with Crippen molar-refractivity contribution in [3.63, 3.8) is 0 Å². The van der Waals surface area contributed by atoms with Crippen LogP contribution < -0.4 is 5.32 Å². The molecule has 0 radical (unpaired) electrons. The first-order valence-corrected chi connectivity index (χ1v) is 12.1. The Morgan fingerprint density at radius 2 is 2.17 bits per heavy atom. The maximum Gasteiger partial charge on any atom is 0.414 e. The number of allylic oxidation sites excluding steroid dienone is 3. The molecule has 36 heavy (non-hydrogen) atoms. The van der Waals surface area contributed by atoms with E-state index in [9.17, 15) is 9.59 Å². The Hall–Kier alpha value is -3.41. The van der Waals surface area contributed by atoms with Crippen molar-refractivity contribution in [1.29, 1.82) is 0 Å². The van der Waals surface area contributed by atoms with Crippen LogP contribution in [0.2, 0.25) is 0 Å². The number of tetrazole rings is 1. The zero-order chi connectivity index (χ0) is 25.6. The van der Waals surface area contributed by atoms with E-state index in [-0.39, 0.29) is 31.0 Å². The summed E-state index contributed by atoms with van der Waals surface area (Å²) in [6, 6.07) is -0.763. The number of ether oxygens (including phenoxy) is 2. The second-order valence-corrected chi connectivity index (χ2v) is 9.75. The maximum atomic E-state index is 15.3. The van der Waals surface area contributed by atoms with Gasteiger partial charge in [0.25, 0.3) is 0 Å². The molecule has 4 aliphatic rings. The topological polar surface area (TPSA) is 124 Å². The molecule has 4 unspecified atom stereocenters. The van der Waals surface area contributed by atoms with Crippen molar-refractivity contribution < 1.29 is 23.5 Å². The lowest BCUT2D eigenvalue weighted by molar-refractivity contribution is -0.150. The molecule has 4 atom stereocenters. The van der Waals surface area contributed by atoms with Crippen molar-refractivity contribution in [2.24, 2.45) is 18.0 Å². The number of carbonyl (C=O) groups is 2. The Morgan fingerprint density at radius 1 is 1.36 bits per heavy atom. The molecule has 1 N–H and O–H groups in total. The Kier molecular flexibility index (Phi) is 6.45. The number of halogens is 1. The number of nitrogens with one attached hydrogen (secondary N) is 1. The van der Waals surface area contributed by atoms with Crippen LogP contribution in [0.3, 0.4) is 0 Å². The van der Waals surface area contributed by atoms with Crippen molar-refractivity contribution in [1.82, 2.24) is 30.4 Å². The molecule has 1 aromatic heterocycles. The van der Waals surface area contributed by atoms with Crippen molar-refractivity contribution in [2.45, 2.75) is 57.5 Å². The lowest BCUT2D eigenvalue weighted by Crippen LogP contribution is -2.42. The second kappa shape index (κ2) is 9.57. The van der Waals surface area contributed by atoms with Crippen LogP contribution in [-0.4, -0.2) is 87.4 Å². The number of aliphatic imine (C=N–C) groups is 1. The lowest BCUT2D eigenvalue weighted by Gasteiger charge is -2.25. The molecule has 12 heteroatoms. The minimum Gasteiger partial charge on any atom is -0.460 e. The zero-order valence-corrected chi connectivity index (χ0v) is 20.8. The van der Waals surface area contributed by atoms with Gasteiger partial charge in [-0.25, -0.2) is 9.18 Å². The first-order valence-electron chi connectivity index (χ1n) is 12.1. The summed E-state index contributed by atoms with van der Waals surface area (Å²) in [5.74, 6) is 0.148. The van der Waals surface area contributed by atoms with E-state index in [0.717, 1.165) is 16.9 Å². The van der Waals surface area contributed by atoms with Crippen LogP contribution in [-0.2, 0) is 21.3 Å². The van der Waals surface area contributed by atoms with E-state index < -0.39 is 24.4 Å². The molecular formula is C24H30FN7O4. The summed E-state index contributed by atoms with van der Waals surface area (Å²) in [4.78, 5) is 32.6. The average molecular weight is 500 g/mol. The highest BCUT2D eigenvalue weighted by Crippen LogP contribution is 2.44. The number of carbonyl (C=O) groups excluding carboxylic acids is 2. The number of rotatable bonds is 7. The van der Waals surface area contributed by atoms with Crippen LogP contribution >= 0.6 is 0 Å². The van der Waals surface area contributed by atoms with E-state index in [4.69, 9.17) is 9.47 Å². The largest absolute Gasteiger partial charge is 0.460 e. The van der Waals surface area contributed by atoms with Crippen molar-refractivity contribution >= 4 is 17.8 Å². The monoisotopic (exact) mass is 499 g/mol. The first-order chi connectivity index (χ1) is 17.3.